The Morgan fingerprint density at radius 2 is 1.16 bits per heavy atom. The predicted molar refractivity (Wildman–Crippen MR) is 120 cm³/mol. The maximum absolute atomic E-state index is 14.1. The van der Waals surface area contributed by atoms with Crippen LogP contribution in [0.15, 0.2) is 10.2 Å². The van der Waals surface area contributed by atoms with E-state index < -0.39 is 40.3 Å². The van der Waals surface area contributed by atoms with Crippen LogP contribution in [-0.4, -0.2) is 35.7 Å². The van der Waals surface area contributed by atoms with E-state index in [0.717, 1.165) is 6.92 Å². The summed E-state index contributed by atoms with van der Waals surface area (Å²) in [4.78, 5) is 0. The minimum absolute atomic E-state index is 0.0336. The number of alkyl halides is 6. The van der Waals surface area contributed by atoms with E-state index in [1.54, 1.807) is 0 Å². The van der Waals surface area contributed by atoms with Gasteiger partial charge in [0.1, 0.15) is 5.71 Å². The summed E-state index contributed by atoms with van der Waals surface area (Å²) in [5.41, 5.74) is -0.886. The van der Waals surface area contributed by atoms with Crippen molar-refractivity contribution in [1.29, 1.82) is 0 Å². The number of hydrogen-bond donors (Lipinski definition) is 4. The summed E-state index contributed by atoms with van der Waals surface area (Å²) in [5, 5.41) is 12.7. The van der Waals surface area contributed by atoms with Gasteiger partial charge in [0.05, 0.1) is 16.8 Å². The molecular formula is C18H22F6N6S2. The van der Waals surface area contributed by atoms with Gasteiger partial charge in [-0.2, -0.15) is 36.5 Å². The molecule has 1 rings (SSSR count). The third-order valence-corrected chi connectivity index (χ3v) is 5.16. The fourth-order valence-corrected chi connectivity index (χ4v) is 2.91. The molecule has 0 saturated carbocycles. The van der Waals surface area contributed by atoms with Crippen LogP contribution >= 0.6 is 24.4 Å². The van der Waals surface area contributed by atoms with Crippen LogP contribution in [0.3, 0.4) is 0 Å². The van der Waals surface area contributed by atoms with Crippen LogP contribution < -0.4 is 21.5 Å². The fraction of sp³-hybridized carbons (Fsp3) is 0.444. The Morgan fingerprint density at radius 1 is 0.719 bits per heavy atom. The quantitative estimate of drug-likeness (QED) is 0.218. The molecule has 0 bridgehead atoms. The second-order valence-electron chi connectivity index (χ2n) is 6.53. The highest BCUT2D eigenvalue weighted by atomic mass is 32.1. The van der Waals surface area contributed by atoms with E-state index in [1.165, 1.54) is 34.9 Å². The highest BCUT2D eigenvalue weighted by Crippen LogP contribution is 2.46. The fourth-order valence-electron chi connectivity index (χ4n) is 2.81. The zero-order valence-corrected chi connectivity index (χ0v) is 19.6. The highest BCUT2D eigenvalue weighted by molar-refractivity contribution is 7.80. The number of rotatable bonds is 4. The summed E-state index contributed by atoms with van der Waals surface area (Å²) in [7, 11) is 2.91. The molecule has 0 atom stereocenters. The lowest BCUT2D eigenvalue weighted by molar-refractivity contribution is -0.162. The second kappa shape index (κ2) is 10.4. The molecule has 0 aliphatic heterocycles. The monoisotopic (exact) mass is 500 g/mol. The van der Waals surface area contributed by atoms with Crippen LogP contribution in [0, 0.1) is 20.8 Å². The third-order valence-electron chi connectivity index (χ3n) is 4.57. The summed E-state index contributed by atoms with van der Waals surface area (Å²) in [5.74, 6) is 0. The Kier molecular flexibility index (Phi) is 8.98. The van der Waals surface area contributed by atoms with Crippen molar-refractivity contribution >= 4 is 46.1 Å². The van der Waals surface area contributed by atoms with Crippen molar-refractivity contribution in [2.24, 2.45) is 10.2 Å². The van der Waals surface area contributed by atoms with Crippen LogP contribution in [0.5, 0.6) is 0 Å². The molecule has 1 aromatic carbocycles. The molecule has 0 saturated heterocycles. The van der Waals surface area contributed by atoms with E-state index in [2.05, 4.69) is 31.7 Å². The first-order valence-corrected chi connectivity index (χ1v) is 9.75. The summed E-state index contributed by atoms with van der Waals surface area (Å²) in [6, 6.07) is 0. The summed E-state index contributed by atoms with van der Waals surface area (Å²) >= 11 is 9.76. The third kappa shape index (κ3) is 6.28. The maximum Gasteiger partial charge on any atom is 0.417 e. The molecule has 32 heavy (non-hydrogen) atoms. The minimum Gasteiger partial charge on any atom is -0.364 e. The normalized spacial score (nSPS) is 13.0. The molecule has 4 N–H and O–H groups in total. The first-order chi connectivity index (χ1) is 14.6. The molecule has 0 heterocycles. The van der Waals surface area contributed by atoms with Gasteiger partial charge in [-0.15, -0.1) is 0 Å². The van der Waals surface area contributed by atoms with E-state index in [4.69, 9.17) is 24.4 Å². The van der Waals surface area contributed by atoms with Crippen molar-refractivity contribution in [3.8, 4) is 0 Å². The molecule has 0 fully saturated rings. The van der Waals surface area contributed by atoms with E-state index in [9.17, 15) is 26.3 Å². The van der Waals surface area contributed by atoms with Gasteiger partial charge >= 0.3 is 12.4 Å². The molecule has 0 aliphatic carbocycles. The largest absolute Gasteiger partial charge is 0.417 e. The minimum atomic E-state index is -5.35. The molecule has 1 aromatic rings. The Hall–Kier alpha value is -2.48. The number of halogens is 6. The standard InChI is InChI=1S/C18H22F6N6S2/c1-7-8(2)11(13(18(22,23)24)12(9(7)3)17(19,20)21)14(28-30-16(32)26-6)10(4)27-29-15(31)25-5/h1-6H3,(H2,25,29,31)(H2,26,30,32). The van der Waals surface area contributed by atoms with E-state index in [-0.39, 0.29) is 27.1 Å². The van der Waals surface area contributed by atoms with Crippen LogP contribution in [0.25, 0.3) is 0 Å². The Labute approximate surface area is 191 Å². The van der Waals surface area contributed by atoms with Crippen molar-refractivity contribution in [3.05, 3.63) is 33.4 Å². The first-order valence-electron chi connectivity index (χ1n) is 8.94. The van der Waals surface area contributed by atoms with Gasteiger partial charge in [0.15, 0.2) is 10.2 Å². The molecular weight excluding hydrogens is 478 g/mol. The predicted octanol–water partition coefficient (Wildman–Crippen LogP) is 3.92. The summed E-state index contributed by atoms with van der Waals surface area (Å²) in [6.07, 6.45) is -10.6. The number of hydrazone groups is 2. The Balaban J connectivity index is 4.11. The van der Waals surface area contributed by atoms with Crippen LogP contribution in [0.4, 0.5) is 26.3 Å². The van der Waals surface area contributed by atoms with Gasteiger partial charge in [0.2, 0.25) is 0 Å². The van der Waals surface area contributed by atoms with Crippen molar-refractivity contribution in [2.75, 3.05) is 14.1 Å². The van der Waals surface area contributed by atoms with Gasteiger partial charge in [-0.1, -0.05) is 0 Å². The SMILES string of the molecule is CNC(=S)NN=C(C)C(=NNC(=S)NC)c1c(C)c(C)c(C)c(C(F)(F)F)c1C(F)(F)F. The van der Waals surface area contributed by atoms with Crippen LogP contribution in [0.1, 0.15) is 40.3 Å². The van der Waals surface area contributed by atoms with Crippen LogP contribution in [0.2, 0.25) is 0 Å². The zero-order chi connectivity index (χ0) is 25.0. The van der Waals surface area contributed by atoms with Gasteiger partial charge in [0, 0.05) is 19.7 Å². The first kappa shape index (κ1) is 27.6. The average molecular weight is 501 g/mol. The number of nitrogens with one attached hydrogen (secondary N) is 4. The number of thiocarbonyl (C=S) groups is 2. The van der Waals surface area contributed by atoms with Crippen molar-refractivity contribution in [2.45, 2.75) is 40.0 Å². The number of nitrogens with zero attached hydrogens (tertiary/aromatic N) is 2. The molecule has 0 aromatic heterocycles. The van der Waals surface area contributed by atoms with Gasteiger partial charge in [-0.3, -0.25) is 10.9 Å². The molecule has 178 valence electrons. The summed E-state index contributed by atoms with van der Waals surface area (Å²) < 4.78 is 83.7. The van der Waals surface area contributed by atoms with Crippen molar-refractivity contribution in [1.82, 2.24) is 21.5 Å². The van der Waals surface area contributed by atoms with Crippen LogP contribution in [-0.2, 0) is 12.4 Å². The Bertz CT molecular complexity index is 966. The second-order valence-corrected chi connectivity index (χ2v) is 7.35. The van der Waals surface area contributed by atoms with E-state index in [1.807, 2.05) is 0 Å². The lowest BCUT2D eigenvalue weighted by Crippen LogP contribution is -2.34. The van der Waals surface area contributed by atoms with Gasteiger partial charge in [-0.05, 0) is 68.8 Å². The van der Waals surface area contributed by atoms with Gasteiger partial charge in [0.25, 0.3) is 0 Å². The lowest BCUT2D eigenvalue weighted by Gasteiger charge is -2.26. The van der Waals surface area contributed by atoms with E-state index >= 15 is 0 Å². The summed E-state index contributed by atoms with van der Waals surface area (Å²) in [6.45, 7) is 4.88. The smallest absolute Gasteiger partial charge is 0.364 e. The van der Waals surface area contributed by atoms with Gasteiger partial charge in [-0.25, -0.2) is 0 Å². The molecule has 0 amide bonds. The molecule has 0 spiro atoms. The topological polar surface area (TPSA) is 72.8 Å². The highest BCUT2D eigenvalue weighted by Gasteiger charge is 2.48. The van der Waals surface area contributed by atoms with Gasteiger partial charge < -0.3 is 10.6 Å². The molecule has 0 unspecified atom stereocenters. The maximum atomic E-state index is 14.1. The Morgan fingerprint density at radius 3 is 1.56 bits per heavy atom. The molecule has 6 nitrogen and oxygen atoms in total. The zero-order valence-electron chi connectivity index (χ0n) is 18.0. The number of benzene rings is 1. The number of hydrogen-bond acceptors (Lipinski definition) is 4. The average Bonchev–Trinajstić information content (AvgIpc) is 2.68. The lowest BCUT2D eigenvalue weighted by atomic mass is 9.84. The van der Waals surface area contributed by atoms with E-state index in [0.29, 0.717) is 0 Å². The molecule has 0 radical (unpaired) electrons. The van der Waals surface area contributed by atoms with Crippen molar-refractivity contribution in [3.63, 3.8) is 0 Å². The molecule has 0 aliphatic rings. The van der Waals surface area contributed by atoms with Crippen molar-refractivity contribution < 1.29 is 26.3 Å². The molecule has 14 heteroatoms.